The molecule has 0 N–H and O–H groups in total. The van der Waals surface area contributed by atoms with Crippen LogP contribution in [-0.2, 0) is 22.5 Å². The van der Waals surface area contributed by atoms with Crippen LogP contribution in [0.15, 0.2) is 36.7 Å². The Kier molecular flexibility index (Phi) is 6.04. The Morgan fingerprint density at radius 3 is 2.77 bits per heavy atom. The van der Waals surface area contributed by atoms with Gasteiger partial charge in [0.25, 0.3) is 0 Å². The number of carbonyl (C=O) groups is 1. The zero-order valence-electron chi connectivity index (χ0n) is 15.4. The Hall–Kier alpha value is -2.21. The summed E-state index contributed by atoms with van der Waals surface area (Å²) in [5.74, 6) is 0.258. The van der Waals surface area contributed by atoms with Crippen LogP contribution in [0, 0.1) is 18.7 Å². The molecule has 1 amide bonds. The van der Waals surface area contributed by atoms with E-state index in [0.29, 0.717) is 25.4 Å². The Balaban J connectivity index is 1.53. The minimum atomic E-state index is -0.218. The van der Waals surface area contributed by atoms with Gasteiger partial charge in [-0.25, -0.2) is 4.39 Å². The van der Waals surface area contributed by atoms with Crippen LogP contribution in [0.5, 0.6) is 0 Å². The first-order valence-electron chi connectivity index (χ1n) is 9.09. The first kappa shape index (κ1) is 18.6. The summed E-state index contributed by atoms with van der Waals surface area (Å²) in [5.41, 5.74) is 2.20. The summed E-state index contributed by atoms with van der Waals surface area (Å²) in [4.78, 5) is 14.4. The van der Waals surface area contributed by atoms with Gasteiger partial charge in [-0.05, 0) is 48.9 Å². The summed E-state index contributed by atoms with van der Waals surface area (Å²) in [6.07, 6.45) is 5.92. The number of aryl methyl sites for hydroxylation is 2. The zero-order chi connectivity index (χ0) is 18.5. The van der Waals surface area contributed by atoms with E-state index in [1.165, 1.54) is 12.1 Å². The van der Waals surface area contributed by atoms with Crippen LogP contribution < -0.4 is 0 Å². The van der Waals surface area contributed by atoms with E-state index in [1.54, 1.807) is 13.3 Å². The van der Waals surface area contributed by atoms with Gasteiger partial charge >= 0.3 is 0 Å². The molecule has 3 rings (SSSR count). The molecule has 0 radical (unpaired) electrons. The maximum Gasteiger partial charge on any atom is 0.224 e. The van der Waals surface area contributed by atoms with Crippen molar-refractivity contribution < 1.29 is 13.9 Å². The minimum Gasteiger partial charge on any atom is -0.379 e. The molecule has 1 saturated heterocycles. The van der Waals surface area contributed by atoms with Gasteiger partial charge in [-0.3, -0.25) is 9.48 Å². The second-order valence-electron chi connectivity index (χ2n) is 7.02. The number of methoxy groups -OCH3 is 1. The lowest BCUT2D eigenvalue weighted by Gasteiger charge is -2.38. The number of amides is 1. The average molecular weight is 359 g/mol. The van der Waals surface area contributed by atoms with Crippen LogP contribution in [0.3, 0.4) is 0 Å². The molecule has 2 atom stereocenters. The third-order valence-electron chi connectivity index (χ3n) is 5.08. The van der Waals surface area contributed by atoms with E-state index in [1.807, 2.05) is 34.8 Å². The zero-order valence-corrected chi connectivity index (χ0v) is 15.4. The van der Waals surface area contributed by atoms with E-state index in [9.17, 15) is 9.18 Å². The van der Waals surface area contributed by atoms with Crippen LogP contribution in [0.4, 0.5) is 4.39 Å². The highest BCUT2D eigenvalue weighted by Crippen LogP contribution is 2.25. The average Bonchev–Trinajstić information content (AvgIpc) is 3.07. The predicted octanol–water partition coefficient (Wildman–Crippen LogP) is 2.83. The first-order chi connectivity index (χ1) is 12.5. The van der Waals surface area contributed by atoms with E-state index in [4.69, 9.17) is 4.74 Å². The van der Waals surface area contributed by atoms with Crippen molar-refractivity contribution in [2.24, 2.45) is 5.92 Å². The second kappa shape index (κ2) is 8.45. The summed E-state index contributed by atoms with van der Waals surface area (Å²) in [6, 6.07) is 6.64. The van der Waals surface area contributed by atoms with Crippen molar-refractivity contribution in [2.45, 2.75) is 38.8 Å². The molecule has 1 aliphatic rings. The molecule has 5 nitrogen and oxygen atoms in total. The molecular weight excluding hydrogens is 333 g/mol. The number of hydrogen-bond acceptors (Lipinski definition) is 3. The number of ether oxygens (including phenoxy) is 1. The number of hydrogen-bond donors (Lipinski definition) is 0. The Bertz CT molecular complexity index is 729. The molecular formula is C20H26FN3O2. The van der Waals surface area contributed by atoms with E-state index in [0.717, 1.165) is 30.5 Å². The van der Waals surface area contributed by atoms with Crippen LogP contribution in [-0.4, -0.2) is 46.9 Å². The van der Waals surface area contributed by atoms with Gasteiger partial charge in [0, 0.05) is 39.4 Å². The van der Waals surface area contributed by atoms with Crippen molar-refractivity contribution in [3.05, 3.63) is 53.6 Å². The lowest BCUT2D eigenvalue weighted by Crippen LogP contribution is -2.48. The van der Waals surface area contributed by atoms with Crippen LogP contribution in [0.1, 0.15) is 24.0 Å². The summed E-state index contributed by atoms with van der Waals surface area (Å²) in [7, 11) is 1.70. The molecule has 2 aromatic rings. The number of piperidine rings is 1. The molecule has 0 spiro atoms. The van der Waals surface area contributed by atoms with Crippen molar-refractivity contribution in [1.82, 2.24) is 14.7 Å². The maximum atomic E-state index is 13.1. The number of aromatic nitrogens is 2. The number of benzene rings is 1. The van der Waals surface area contributed by atoms with Gasteiger partial charge in [0.15, 0.2) is 0 Å². The monoisotopic (exact) mass is 359 g/mol. The minimum absolute atomic E-state index is 0.00435. The van der Waals surface area contributed by atoms with Crippen LogP contribution >= 0.6 is 0 Å². The molecule has 1 aromatic carbocycles. The van der Waals surface area contributed by atoms with Gasteiger partial charge in [-0.15, -0.1) is 0 Å². The molecule has 1 fully saturated rings. The van der Waals surface area contributed by atoms with Crippen molar-refractivity contribution in [3.63, 3.8) is 0 Å². The number of nitrogens with zero attached hydrogens (tertiary/aromatic N) is 3. The number of carbonyl (C=O) groups excluding carboxylic acids is 1. The second-order valence-corrected chi connectivity index (χ2v) is 7.02. The smallest absolute Gasteiger partial charge is 0.224 e. The molecule has 0 bridgehead atoms. The standard InChI is InChI=1S/C20H26FN3O2/c1-15-12-22-24(13-15)10-8-20(25)23-9-7-17(19(14-23)26-2)11-16-3-5-18(21)6-4-16/h3-6,12-13,17,19H,7-11,14H2,1-2H3/t17-,19-/m1/s1. The molecule has 0 unspecified atom stereocenters. The van der Waals surface area contributed by atoms with E-state index in [-0.39, 0.29) is 17.8 Å². The van der Waals surface area contributed by atoms with Crippen LogP contribution in [0.25, 0.3) is 0 Å². The molecule has 140 valence electrons. The topological polar surface area (TPSA) is 47.4 Å². The largest absolute Gasteiger partial charge is 0.379 e. The quantitative estimate of drug-likeness (QED) is 0.797. The summed E-state index contributed by atoms with van der Waals surface area (Å²) in [5, 5.41) is 4.22. The van der Waals surface area contributed by atoms with Crippen LogP contribution in [0.2, 0.25) is 0 Å². The number of rotatable bonds is 6. The SMILES string of the molecule is CO[C@@H]1CN(C(=O)CCn2cc(C)cn2)CC[C@@H]1Cc1ccc(F)cc1. The van der Waals surface area contributed by atoms with Crippen molar-refractivity contribution >= 4 is 5.91 Å². The van der Waals surface area contributed by atoms with Gasteiger partial charge in [0.1, 0.15) is 5.82 Å². The van der Waals surface area contributed by atoms with Gasteiger partial charge in [-0.2, -0.15) is 5.10 Å². The molecule has 0 aliphatic carbocycles. The lowest BCUT2D eigenvalue weighted by atomic mass is 9.87. The van der Waals surface area contributed by atoms with Crippen molar-refractivity contribution in [3.8, 4) is 0 Å². The molecule has 26 heavy (non-hydrogen) atoms. The molecule has 6 heteroatoms. The highest BCUT2D eigenvalue weighted by Gasteiger charge is 2.31. The fourth-order valence-electron chi connectivity index (χ4n) is 3.57. The van der Waals surface area contributed by atoms with Crippen molar-refractivity contribution in [1.29, 1.82) is 0 Å². The van der Waals surface area contributed by atoms with E-state index in [2.05, 4.69) is 5.10 Å². The van der Waals surface area contributed by atoms with Crippen molar-refractivity contribution in [2.75, 3.05) is 20.2 Å². The van der Waals surface area contributed by atoms with Gasteiger partial charge in [-0.1, -0.05) is 12.1 Å². The molecule has 1 aromatic heterocycles. The Morgan fingerprint density at radius 2 is 2.12 bits per heavy atom. The highest BCUT2D eigenvalue weighted by molar-refractivity contribution is 5.76. The number of likely N-dealkylation sites (tertiary alicyclic amines) is 1. The maximum absolute atomic E-state index is 13.1. The third kappa shape index (κ3) is 4.69. The fraction of sp³-hybridized carbons (Fsp3) is 0.500. The number of halogens is 1. The Labute approximate surface area is 153 Å². The van der Waals surface area contributed by atoms with E-state index < -0.39 is 0 Å². The highest BCUT2D eigenvalue weighted by atomic mass is 19.1. The van der Waals surface area contributed by atoms with Gasteiger partial charge < -0.3 is 9.64 Å². The van der Waals surface area contributed by atoms with Gasteiger partial charge in [0.05, 0.1) is 12.3 Å². The fourth-order valence-corrected chi connectivity index (χ4v) is 3.57. The molecule has 1 aliphatic heterocycles. The first-order valence-corrected chi connectivity index (χ1v) is 9.09. The third-order valence-corrected chi connectivity index (χ3v) is 5.08. The molecule has 2 heterocycles. The summed E-state index contributed by atoms with van der Waals surface area (Å²) >= 11 is 0. The van der Waals surface area contributed by atoms with E-state index >= 15 is 0 Å². The predicted molar refractivity (Wildman–Crippen MR) is 97.2 cm³/mol. The normalized spacial score (nSPS) is 20.3. The van der Waals surface area contributed by atoms with Gasteiger partial charge in [0.2, 0.25) is 5.91 Å². The lowest BCUT2D eigenvalue weighted by molar-refractivity contribution is -0.136. The molecule has 0 saturated carbocycles. The summed E-state index contributed by atoms with van der Waals surface area (Å²) < 4.78 is 20.5. The Morgan fingerprint density at radius 1 is 1.35 bits per heavy atom. The summed E-state index contributed by atoms with van der Waals surface area (Å²) in [6.45, 7) is 3.93.